The van der Waals surface area contributed by atoms with E-state index in [0.717, 1.165) is 30.6 Å². The molecule has 0 spiro atoms. The van der Waals surface area contributed by atoms with E-state index in [2.05, 4.69) is 36.4 Å². The maximum absolute atomic E-state index is 12.9. The lowest BCUT2D eigenvalue weighted by atomic mass is 9.49. The number of nitrogens with zero attached hydrogens (tertiary/aromatic N) is 4. The van der Waals surface area contributed by atoms with Crippen molar-refractivity contribution in [3.63, 3.8) is 0 Å². The van der Waals surface area contributed by atoms with Gasteiger partial charge in [0.25, 0.3) is 11.8 Å². The van der Waals surface area contributed by atoms with Gasteiger partial charge in [0.2, 0.25) is 11.8 Å². The molecule has 6 radical (unpaired) electrons. The Kier molecular flexibility index (Phi) is 9.96. The molecule has 5 N–H and O–H groups in total. The third kappa shape index (κ3) is 8.23. The molecule has 1 saturated carbocycles. The predicted molar refractivity (Wildman–Crippen MR) is 172 cm³/mol. The Hall–Kier alpha value is -4.44. The average molecular weight is 638 g/mol. The maximum atomic E-state index is 12.9. The molecule has 46 heavy (non-hydrogen) atoms. The summed E-state index contributed by atoms with van der Waals surface area (Å²) in [5.74, 6) is -1.13. The van der Waals surface area contributed by atoms with Crippen LogP contribution in [-0.2, 0) is 9.59 Å². The molecule has 232 valence electrons. The zero-order valence-corrected chi connectivity index (χ0v) is 25.7. The lowest BCUT2D eigenvalue weighted by molar-refractivity contribution is -0.128. The van der Waals surface area contributed by atoms with E-state index < -0.39 is 23.2 Å². The van der Waals surface area contributed by atoms with Gasteiger partial charge in [0.05, 0.1) is 59.9 Å². The molecule has 14 nitrogen and oxygen atoms in total. The number of hydrogen-bond donors (Lipinski definition) is 5. The van der Waals surface area contributed by atoms with E-state index in [9.17, 15) is 24.3 Å². The van der Waals surface area contributed by atoms with E-state index in [1.165, 1.54) is 19.4 Å². The van der Waals surface area contributed by atoms with Crippen molar-refractivity contribution in [2.24, 2.45) is 5.92 Å². The molecule has 0 bridgehead atoms. The van der Waals surface area contributed by atoms with Crippen molar-refractivity contribution in [2.45, 2.75) is 37.0 Å². The van der Waals surface area contributed by atoms with Crippen LogP contribution in [-0.4, -0.2) is 110 Å². The summed E-state index contributed by atoms with van der Waals surface area (Å²) in [6, 6.07) is 6.57. The molecule has 1 saturated heterocycles. The van der Waals surface area contributed by atoms with E-state index >= 15 is 0 Å². The van der Waals surface area contributed by atoms with Crippen molar-refractivity contribution in [3.8, 4) is 16.3 Å². The topological polar surface area (TPSA) is 188 Å². The minimum absolute atomic E-state index is 0.00711. The number of benzene rings is 1. The molecule has 2 fully saturated rings. The van der Waals surface area contributed by atoms with Gasteiger partial charge in [-0.3, -0.25) is 19.2 Å². The second kappa shape index (κ2) is 13.9. The summed E-state index contributed by atoms with van der Waals surface area (Å²) in [5.41, 5.74) is 0.838. The molecule has 1 aliphatic heterocycles. The Morgan fingerprint density at radius 1 is 1.17 bits per heavy atom. The summed E-state index contributed by atoms with van der Waals surface area (Å²) in [4.78, 5) is 56.2. The van der Waals surface area contributed by atoms with Gasteiger partial charge in [0.1, 0.15) is 9.88 Å². The predicted octanol–water partition coefficient (Wildman–Crippen LogP) is 0.261. The normalized spacial score (nSPS) is 15.3. The van der Waals surface area contributed by atoms with E-state index in [-0.39, 0.29) is 48.0 Å². The summed E-state index contributed by atoms with van der Waals surface area (Å²) in [6.45, 7) is 0.718. The highest BCUT2D eigenvalue weighted by Crippen LogP contribution is 2.40. The molecule has 4 amide bonds. The minimum Gasteiger partial charge on any atom is -0.494 e. The molecule has 1 aliphatic carbocycles. The number of thiazole rings is 1. The van der Waals surface area contributed by atoms with Crippen LogP contribution in [0.5, 0.6) is 5.75 Å². The van der Waals surface area contributed by atoms with Gasteiger partial charge in [-0.2, -0.15) is 0 Å². The Morgan fingerprint density at radius 2 is 1.96 bits per heavy atom. The molecular formula is C28H29B3N8O6S. The van der Waals surface area contributed by atoms with E-state index in [1.807, 2.05) is 0 Å². The lowest BCUT2D eigenvalue weighted by Crippen LogP contribution is -2.50. The third-order valence-electron chi connectivity index (χ3n) is 7.09. The monoisotopic (exact) mass is 638 g/mol. The molecule has 5 rings (SSSR count). The molecule has 3 heterocycles. The summed E-state index contributed by atoms with van der Waals surface area (Å²) < 4.78 is 5.71. The fraction of sp³-hybridized carbons (Fsp3) is 0.393. The summed E-state index contributed by atoms with van der Waals surface area (Å²) >= 11 is 1.10. The zero-order chi connectivity index (χ0) is 33.0. The minimum atomic E-state index is -2.04. The van der Waals surface area contributed by atoms with Crippen LogP contribution in [0.1, 0.15) is 45.8 Å². The number of aromatic nitrogens is 3. The second-order valence-electron chi connectivity index (χ2n) is 11.0. The van der Waals surface area contributed by atoms with Crippen molar-refractivity contribution >= 4 is 75.7 Å². The number of hydrogen-bond acceptors (Lipinski definition) is 11. The summed E-state index contributed by atoms with van der Waals surface area (Å²) in [7, 11) is 18.1. The van der Waals surface area contributed by atoms with Gasteiger partial charge in [0.15, 0.2) is 17.3 Å². The second-order valence-corrected chi connectivity index (χ2v) is 12.0. The number of ether oxygens (including phenoxy) is 1. The van der Waals surface area contributed by atoms with Gasteiger partial charge in [-0.25, -0.2) is 4.98 Å². The first-order chi connectivity index (χ1) is 21.9. The summed E-state index contributed by atoms with van der Waals surface area (Å²) in [5, 5.41) is 27.3. The first-order valence-corrected chi connectivity index (χ1v) is 15.3. The number of carbonyl (C=O) groups is 4. The summed E-state index contributed by atoms with van der Waals surface area (Å²) in [6.07, 6.45) is 3.29. The van der Waals surface area contributed by atoms with Crippen LogP contribution in [0.25, 0.3) is 10.6 Å². The fourth-order valence-corrected chi connectivity index (χ4v) is 5.59. The van der Waals surface area contributed by atoms with Gasteiger partial charge in [-0.15, -0.1) is 21.5 Å². The highest BCUT2D eigenvalue weighted by molar-refractivity contribution is 7.17. The number of likely N-dealkylation sites (tertiary alicyclic amines) is 1. The first-order valence-electron chi connectivity index (χ1n) is 14.4. The van der Waals surface area contributed by atoms with Gasteiger partial charge >= 0.3 is 0 Å². The van der Waals surface area contributed by atoms with Crippen molar-refractivity contribution < 1.29 is 29.0 Å². The highest BCUT2D eigenvalue weighted by atomic mass is 32.1. The standard InChI is InChI=1S/C28H29B3N8O6S/c1-45-23-16(27-33-12-19(46-27)25(43)32-11-15(40)13-39-9-3-6-21(39)41)4-2-5-17(23)34-18-10-20(35-24(42)14-7-8-14)37-38-22(18)26(44)36-28(29,30)31/h2,4-5,10,12,14-15,40H,3,6-9,11,13H2,1H3,(H,32,43)(H,36,44)(H2,34,35,37,42). The van der Waals surface area contributed by atoms with E-state index in [1.54, 1.807) is 23.1 Å². The Bertz CT molecular complexity index is 1650. The highest BCUT2D eigenvalue weighted by Gasteiger charge is 2.30. The first kappa shape index (κ1) is 32.9. The number of aliphatic hydroxyl groups excluding tert-OH is 1. The molecule has 3 aromatic rings. The van der Waals surface area contributed by atoms with Crippen LogP contribution in [0.4, 0.5) is 17.2 Å². The van der Waals surface area contributed by atoms with Crippen LogP contribution >= 0.6 is 11.3 Å². The van der Waals surface area contributed by atoms with Crippen molar-refractivity contribution in [1.82, 2.24) is 30.7 Å². The van der Waals surface area contributed by atoms with Crippen LogP contribution in [0.3, 0.4) is 0 Å². The Labute approximate surface area is 272 Å². The SMILES string of the molecule is [B]C([B])([B])NC(=O)c1nnc(NC(=O)C2CC2)cc1Nc1cccc(-c2ncc(C(=O)NCC(O)CN3CCCC3=O)s2)c1OC. The van der Waals surface area contributed by atoms with Crippen molar-refractivity contribution in [1.29, 1.82) is 0 Å². The number of anilines is 3. The largest absolute Gasteiger partial charge is 0.494 e. The number of aliphatic hydroxyl groups is 1. The van der Waals surface area contributed by atoms with Crippen molar-refractivity contribution in [2.75, 3.05) is 37.4 Å². The number of para-hydroxylation sites is 1. The Morgan fingerprint density at radius 3 is 2.63 bits per heavy atom. The number of carbonyl (C=O) groups excluding carboxylic acids is 4. The molecule has 1 atom stereocenters. The molecule has 2 aromatic heterocycles. The van der Waals surface area contributed by atoms with Crippen LogP contribution < -0.4 is 26.0 Å². The Balaban J connectivity index is 1.35. The fourth-order valence-electron chi connectivity index (χ4n) is 4.73. The van der Waals surface area contributed by atoms with E-state index in [4.69, 9.17) is 28.3 Å². The average Bonchev–Trinajstić information content (AvgIpc) is 3.61. The van der Waals surface area contributed by atoms with Gasteiger partial charge in [-0.1, -0.05) is 11.3 Å². The number of amides is 4. The molecule has 18 heteroatoms. The molecule has 1 unspecified atom stereocenters. The van der Waals surface area contributed by atoms with Crippen LogP contribution in [0, 0.1) is 5.92 Å². The number of nitrogens with one attached hydrogen (secondary N) is 4. The van der Waals surface area contributed by atoms with Gasteiger partial charge in [0, 0.05) is 38.0 Å². The molecule has 2 aliphatic rings. The molecular weight excluding hydrogens is 609 g/mol. The molecule has 1 aromatic carbocycles. The smallest absolute Gasteiger partial charge is 0.272 e. The number of β-amino-alcohol motifs (C(OH)–C–C–N with tert-alkyl or cyclic N) is 1. The third-order valence-corrected chi connectivity index (χ3v) is 8.12. The lowest BCUT2D eigenvalue weighted by Gasteiger charge is -2.23. The van der Waals surface area contributed by atoms with Gasteiger partial charge in [-0.05, 0) is 31.4 Å². The number of methoxy groups -OCH3 is 1. The number of rotatable bonds is 13. The quantitative estimate of drug-likeness (QED) is 0.163. The van der Waals surface area contributed by atoms with Crippen molar-refractivity contribution in [3.05, 3.63) is 41.0 Å². The maximum Gasteiger partial charge on any atom is 0.272 e. The van der Waals surface area contributed by atoms with Gasteiger partial charge < -0.3 is 36.0 Å². The zero-order valence-electron chi connectivity index (χ0n) is 24.9. The van der Waals surface area contributed by atoms with E-state index in [0.29, 0.717) is 39.9 Å². The van der Waals surface area contributed by atoms with Crippen LogP contribution in [0.15, 0.2) is 30.5 Å². The van der Waals surface area contributed by atoms with Crippen LogP contribution in [0.2, 0.25) is 0 Å².